The molecule has 1 unspecified atom stereocenters. The van der Waals surface area contributed by atoms with Crippen LogP contribution in [0, 0.1) is 11.3 Å². The lowest BCUT2D eigenvalue weighted by atomic mass is 9.80. The number of aliphatic hydroxyl groups excluding tert-OH is 1. The van der Waals surface area contributed by atoms with Crippen LogP contribution in [0.15, 0.2) is 47.2 Å². The number of carbonyl (C=O) groups excluding carboxylic acids is 2. The molecule has 0 spiro atoms. The minimum absolute atomic E-state index is 0.133. The minimum Gasteiger partial charge on any atom is -0.459 e. The Morgan fingerprint density at radius 1 is 1.33 bits per heavy atom. The van der Waals surface area contributed by atoms with Crippen LogP contribution in [0.1, 0.15) is 43.7 Å². The van der Waals surface area contributed by atoms with Crippen LogP contribution >= 0.6 is 0 Å². The average molecular weight is 506 g/mol. The first-order valence-electron chi connectivity index (χ1n) is 11.8. The Bertz CT molecular complexity index is 1120. The van der Waals surface area contributed by atoms with Crippen LogP contribution in [0.2, 0.25) is 0 Å². The minimum atomic E-state index is -1.99. The molecule has 2 aromatic rings. The molecular weight excluding hydrogens is 476 g/mol. The van der Waals surface area contributed by atoms with Crippen molar-refractivity contribution in [2.24, 2.45) is 11.3 Å². The largest absolute Gasteiger partial charge is 0.459 e. The number of amides is 2. The summed E-state index contributed by atoms with van der Waals surface area (Å²) in [6.45, 7) is 2.66. The number of nitrogens with one attached hydrogen (secondary N) is 1. The van der Waals surface area contributed by atoms with Crippen molar-refractivity contribution in [2.75, 3.05) is 25.2 Å². The molecule has 1 aromatic heterocycles. The first-order chi connectivity index (χ1) is 17.3. The van der Waals surface area contributed by atoms with E-state index in [1.165, 1.54) is 29.2 Å². The summed E-state index contributed by atoms with van der Waals surface area (Å²) < 4.78 is 40.3. The summed E-state index contributed by atoms with van der Waals surface area (Å²) >= 11 is 0. The van der Waals surface area contributed by atoms with Crippen molar-refractivity contribution in [1.29, 1.82) is 0 Å². The Hall–Kier alpha value is -3.31. The molecule has 9 nitrogen and oxygen atoms in total. The van der Waals surface area contributed by atoms with Crippen LogP contribution < -0.4 is 15.0 Å². The van der Waals surface area contributed by atoms with Crippen LogP contribution in [0.25, 0.3) is 0 Å². The molecule has 0 aliphatic heterocycles. The molecule has 1 aromatic carbocycles. The molecule has 2 aliphatic rings. The molecule has 2 amide bonds. The number of aliphatic hydroxyl groups is 1. The number of methoxy groups -OCH3 is 1. The van der Waals surface area contributed by atoms with Gasteiger partial charge >= 0.3 is 6.08 Å². The average Bonchev–Trinajstić information content (AvgIpc) is 3.24. The molecule has 2 saturated carbocycles. The van der Waals surface area contributed by atoms with E-state index in [9.17, 15) is 23.5 Å². The number of nitrogens with zero attached hydrogens (tertiary/aromatic N) is 2. The van der Waals surface area contributed by atoms with Gasteiger partial charge in [0.1, 0.15) is 5.75 Å². The van der Waals surface area contributed by atoms with E-state index in [0.29, 0.717) is 56.5 Å². The fourth-order valence-electron chi connectivity index (χ4n) is 4.70. The topological polar surface area (TPSA) is 114 Å². The van der Waals surface area contributed by atoms with Crippen LogP contribution in [0.3, 0.4) is 0 Å². The molecule has 0 radical (unpaired) electrons. The van der Waals surface area contributed by atoms with Crippen LogP contribution in [0.5, 0.6) is 5.75 Å². The zero-order chi connectivity index (χ0) is 25.9. The third-order valence-electron chi connectivity index (χ3n) is 6.76. The highest BCUT2D eigenvalue weighted by molar-refractivity contribution is 6.06. The SMILES string of the molecule is CCc1cc(C(C(=O)NCCCOC)N(C(=O)[C@@]23C[C@H](O)[C@@H]2C3)c2ccc(OC=C(F)F)cc2)on1. The van der Waals surface area contributed by atoms with Crippen LogP contribution in [-0.2, 0) is 20.7 Å². The predicted octanol–water partition coefficient (Wildman–Crippen LogP) is 3.35. The van der Waals surface area contributed by atoms with Crippen molar-refractivity contribution < 1.29 is 37.5 Å². The van der Waals surface area contributed by atoms with Gasteiger partial charge in [-0.15, -0.1) is 0 Å². The van der Waals surface area contributed by atoms with E-state index in [1.807, 2.05) is 6.92 Å². The molecule has 2 fully saturated rings. The summed E-state index contributed by atoms with van der Waals surface area (Å²) in [5.74, 6) is -0.601. The second-order valence-corrected chi connectivity index (χ2v) is 9.05. The van der Waals surface area contributed by atoms with Crippen LogP contribution in [0.4, 0.5) is 14.5 Å². The lowest BCUT2D eigenvalue weighted by Gasteiger charge is -2.37. The summed E-state index contributed by atoms with van der Waals surface area (Å²) in [5.41, 5.74) is 0.237. The number of halogens is 2. The monoisotopic (exact) mass is 505 g/mol. The fourth-order valence-corrected chi connectivity index (χ4v) is 4.70. The molecule has 4 rings (SSSR count). The summed E-state index contributed by atoms with van der Waals surface area (Å²) in [6, 6.07) is 6.36. The van der Waals surface area contributed by atoms with Gasteiger partial charge in [0.05, 0.1) is 17.2 Å². The highest BCUT2D eigenvalue weighted by Crippen LogP contribution is 2.68. The maximum Gasteiger partial charge on any atom is 0.305 e. The third-order valence-corrected chi connectivity index (χ3v) is 6.76. The maximum atomic E-state index is 13.9. The van der Waals surface area contributed by atoms with Crippen molar-refractivity contribution in [1.82, 2.24) is 10.5 Å². The third kappa shape index (κ3) is 5.12. The number of rotatable bonds is 12. The molecule has 2 N–H and O–H groups in total. The van der Waals surface area contributed by atoms with Gasteiger partial charge in [-0.3, -0.25) is 14.5 Å². The number of aromatic nitrogens is 1. The normalized spacial score (nSPS) is 22.6. The van der Waals surface area contributed by atoms with Gasteiger partial charge in [-0.2, -0.15) is 8.78 Å². The summed E-state index contributed by atoms with van der Waals surface area (Å²) in [6.07, 6.45) is -0.228. The van der Waals surface area contributed by atoms with Gasteiger partial charge in [0.15, 0.2) is 18.1 Å². The fraction of sp³-hybridized carbons (Fsp3) is 0.480. The number of carbonyl (C=O) groups is 2. The number of hydrogen-bond acceptors (Lipinski definition) is 7. The van der Waals surface area contributed by atoms with Gasteiger partial charge in [0, 0.05) is 37.9 Å². The van der Waals surface area contributed by atoms with Crippen molar-refractivity contribution in [3.05, 3.63) is 54.1 Å². The second-order valence-electron chi connectivity index (χ2n) is 9.05. The van der Waals surface area contributed by atoms with Crippen LogP contribution in [-0.4, -0.2) is 48.4 Å². The second kappa shape index (κ2) is 10.8. The Morgan fingerprint density at radius 3 is 2.64 bits per heavy atom. The van der Waals surface area contributed by atoms with Crippen molar-refractivity contribution in [3.63, 3.8) is 0 Å². The molecule has 4 atom stereocenters. The van der Waals surface area contributed by atoms with E-state index in [4.69, 9.17) is 14.0 Å². The molecule has 2 aliphatic carbocycles. The van der Waals surface area contributed by atoms with Gasteiger partial charge in [0.25, 0.3) is 5.91 Å². The first-order valence-corrected chi connectivity index (χ1v) is 11.8. The van der Waals surface area contributed by atoms with E-state index in [0.717, 1.165) is 0 Å². The van der Waals surface area contributed by atoms with Crippen molar-refractivity contribution in [3.8, 4) is 5.75 Å². The van der Waals surface area contributed by atoms with E-state index in [1.54, 1.807) is 13.2 Å². The molecule has 0 bridgehead atoms. The van der Waals surface area contributed by atoms with E-state index in [2.05, 4.69) is 10.5 Å². The van der Waals surface area contributed by atoms with E-state index in [-0.39, 0.29) is 23.3 Å². The van der Waals surface area contributed by atoms with Crippen molar-refractivity contribution >= 4 is 17.5 Å². The Kier molecular flexibility index (Phi) is 7.70. The number of ether oxygens (including phenoxy) is 2. The first kappa shape index (κ1) is 25.8. The van der Waals surface area contributed by atoms with Gasteiger partial charge in [-0.25, -0.2) is 0 Å². The molecule has 1 heterocycles. The smallest absolute Gasteiger partial charge is 0.305 e. The number of benzene rings is 1. The van der Waals surface area contributed by atoms with E-state index >= 15 is 0 Å². The van der Waals surface area contributed by atoms with Gasteiger partial charge in [-0.05, 0) is 49.9 Å². The lowest BCUT2D eigenvalue weighted by Crippen LogP contribution is -2.50. The van der Waals surface area contributed by atoms with Crippen molar-refractivity contribution in [2.45, 2.75) is 44.8 Å². The molecular formula is C25H29F2N3O6. The highest BCUT2D eigenvalue weighted by Gasteiger charge is 2.72. The molecule has 194 valence electrons. The number of fused-ring (bicyclic) bond motifs is 1. The lowest BCUT2D eigenvalue weighted by molar-refractivity contribution is -0.134. The Labute approximate surface area is 207 Å². The predicted molar refractivity (Wildman–Crippen MR) is 124 cm³/mol. The number of hydrogen-bond donors (Lipinski definition) is 2. The molecule has 11 heteroatoms. The zero-order valence-electron chi connectivity index (χ0n) is 20.1. The number of anilines is 1. The molecule has 36 heavy (non-hydrogen) atoms. The summed E-state index contributed by atoms with van der Waals surface area (Å²) in [7, 11) is 1.56. The standard InChI is InChI=1S/C25H29F2N3O6/c1-3-15-11-20(36-29-15)22(23(32)28-9-4-10-34-2)30(24(33)25-12-18(25)19(31)13-25)16-5-7-17(8-6-16)35-14-21(26)27/h5-8,11,14,18-19,22,31H,3-4,9-10,12-13H2,1-2H3,(H,28,32)/t18-,19-,22?,25-/m0/s1. The van der Waals surface area contributed by atoms with E-state index < -0.39 is 29.5 Å². The summed E-state index contributed by atoms with van der Waals surface area (Å²) in [5, 5.41) is 16.9. The molecule has 0 saturated heterocycles. The Balaban J connectivity index is 1.70. The summed E-state index contributed by atoms with van der Waals surface area (Å²) in [4.78, 5) is 28.8. The maximum absolute atomic E-state index is 13.9. The van der Waals surface area contributed by atoms with Gasteiger partial charge in [-0.1, -0.05) is 12.1 Å². The quantitative estimate of drug-likeness (QED) is 0.336. The number of aryl methyl sites for hydroxylation is 1. The van der Waals surface area contributed by atoms with Gasteiger partial charge in [0.2, 0.25) is 5.91 Å². The highest BCUT2D eigenvalue weighted by atomic mass is 19.3. The van der Waals surface area contributed by atoms with Gasteiger partial charge < -0.3 is 24.4 Å². The Morgan fingerprint density at radius 2 is 2.08 bits per heavy atom. The zero-order valence-corrected chi connectivity index (χ0v) is 20.1.